The van der Waals surface area contributed by atoms with Crippen molar-refractivity contribution in [3.8, 4) is 11.5 Å². The summed E-state index contributed by atoms with van der Waals surface area (Å²) < 4.78 is 16.0. The van der Waals surface area contributed by atoms with E-state index in [4.69, 9.17) is 49.0 Å². The summed E-state index contributed by atoms with van der Waals surface area (Å²) in [6.45, 7) is 0. The molecule has 3 aromatic rings. The van der Waals surface area contributed by atoms with Gasteiger partial charge >= 0.3 is 11.9 Å². The van der Waals surface area contributed by atoms with E-state index in [1.54, 1.807) is 60.7 Å². The first kappa shape index (κ1) is 22.9. The Labute approximate surface area is 204 Å². The van der Waals surface area contributed by atoms with Gasteiger partial charge in [0.2, 0.25) is 5.90 Å². The van der Waals surface area contributed by atoms with Gasteiger partial charge in [0.25, 0.3) is 0 Å². The summed E-state index contributed by atoms with van der Waals surface area (Å²) in [7, 11) is 1.43. The van der Waals surface area contributed by atoms with Gasteiger partial charge in [0.15, 0.2) is 17.2 Å². The number of esters is 2. The molecule has 0 saturated heterocycles. The van der Waals surface area contributed by atoms with Gasteiger partial charge in [-0.05, 0) is 54.1 Å². The molecule has 0 unspecified atom stereocenters. The highest BCUT2D eigenvalue weighted by Gasteiger charge is 2.25. The van der Waals surface area contributed by atoms with Crippen LogP contribution in [0.3, 0.4) is 0 Å². The van der Waals surface area contributed by atoms with Gasteiger partial charge in [0, 0.05) is 5.56 Å². The molecule has 33 heavy (non-hydrogen) atoms. The molecule has 0 atom stereocenters. The van der Waals surface area contributed by atoms with Crippen LogP contribution in [0, 0.1) is 0 Å². The van der Waals surface area contributed by atoms with Crippen molar-refractivity contribution >= 4 is 58.7 Å². The van der Waals surface area contributed by atoms with Crippen LogP contribution in [0.1, 0.15) is 21.5 Å². The van der Waals surface area contributed by atoms with E-state index in [0.29, 0.717) is 21.2 Å². The van der Waals surface area contributed by atoms with Crippen LogP contribution in [0.2, 0.25) is 15.1 Å². The summed E-state index contributed by atoms with van der Waals surface area (Å²) in [6, 6.07) is 16.1. The molecule has 3 aromatic carbocycles. The SMILES string of the molecule is COc1cc(/C=C2\N=C(c3ccc(Cl)c(Cl)c3)OC2=O)ccc1OC(=O)c1ccccc1Cl. The zero-order chi connectivity index (χ0) is 23.5. The Morgan fingerprint density at radius 2 is 1.73 bits per heavy atom. The molecule has 1 heterocycles. The molecule has 0 aliphatic carbocycles. The number of carbonyl (C=O) groups excluding carboxylic acids is 2. The maximum Gasteiger partial charge on any atom is 0.363 e. The fourth-order valence-electron chi connectivity index (χ4n) is 2.96. The Kier molecular flexibility index (Phi) is 6.70. The normalized spacial score (nSPS) is 14.1. The first-order valence-corrected chi connectivity index (χ1v) is 10.6. The molecular formula is C24H14Cl3NO5. The molecule has 0 aromatic heterocycles. The van der Waals surface area contributed by atoms with E-state index in [0.717, 1.165) is 0 Å². The molecular weight excluding hydrogens is 489 g/mol. The molecule has 166 valence electrons. The lowest BCUT2D eigenvalue weighted by molar-refractivity contribution is -0.129. The second-order valence-electron chi connectivity index (χ2n) is 6.74. The Bertz CT molecular complexity index is 1330. The van der Waals surface area contributed by atoms with Crippen molar-refractivity contribution in [1.82, 2.24) is 0 Å². The Balaban J connectivity index is 1.59. The average molecular weight is 503 g/mol. The molecule has 0 spiro atoms. The Hall–Kier alpha value is -3.32. The standard InChI is InChI=1S/C24H14Cl3NO5/c1-31-21-11-13(6-9-20(21)32-23(29)15-4-2-3-5-16(15)25)10-19-24(30)33-22(28-19)14-7-8-17(26)18(27)12-14/h2-12H,1H3/b19-10-. The lowest BCUT2D eigenvalue weighted by Crippen LogP contribution is -2.09. The Morgan fingerprint density at radius 1 is 0.939 bits per heavy atom. The van der Waals surface area contributed by atoms with E-state index in [1.807, 2.05) is 0 Å². The van der Waals surface area contributed by atoms with Crippen molar-refractivity contribution in [1.29, 1.82) is 0 Å². The highest BCUT2D eigenvalue weighted by atomic mass is 35.5. The molecule has 0 radical (unpaired) electrons. The number of nitrogens with zero attached hydrogens (tertiary/aromatic N) is 1. The van der Waals surface area contributed by atoms with E-state index in [1.165, 1.54) is 13.2 Å². The van der Waals surface area contributed by atoms with Crippen LogP contribution in [0.4, 0.5) is 0 Å². The maximum absolute atomic E-state index is 12.5. The van der Waals surface area contributed by atoms with Crippen LogP contribution in [0.25, 0.3) is 6.08 Å². The maximum atomic E-state index is 12.5. The second-order valence-corrected chi connectivity index (χ2v) is 7.97. The zero-order valence-electron chi connectivity index (χ0n) is 17.0. The lowest BCUT2D eigenvalue weighted by atomic mass is 10.1. The van der Waals surface area contributed by atoms with Crippen molar-refractivity contribution in [2.75, 3.05) is 7.11 Å². The summed E-state index contributed by atoms with van der Waals surface area (Å²) in [6.07, 6.45) is 1.52. The van der Waals surface area contributed by atoms with Gasteiger partial charge in [-0.2, -0.15) is 0 Å². The van der Waals surface area contributed by atoms with Crippen LogP contribution < -0.4 is 9.47 Å². The van der Waals surface area contributed by atoms with Gasteiger partial charge in [-0.3, -0.25) is 0 Å². The predicted molar refractivity (Wildman–Crippen MR) is 126 cm³/mol. The number of cyclic esters (lactones) is 1. The van der Waals surface area contributed by atoms with E-state index < -0.39 is 11.9 Å². The number of carbonyl (C=O) groups is 2. The molecule has 0 saturated carbocycles. The van der Waals surface area contributed by atoms with Crippen molar-refractivity contribution in [2.45, 2.75) is 0 Å². The first-order chi connectivity index (χ1) is 15.9. The van der Waals surface area contributed by atoms with E-state index >= 15 is 0 Å². The van der Waals surface area contributed by atoms with Gasteiger partial charge in [-0.1, -0.05) is 53.0 Å². The highest BCUT2D eigenvalue weighted by Crippen LogP contribution is 2.31. The van der Waals surface area contributed by atoms with Gasteiger partial charge in [-0.25, -0.2) is 14.6 Å². The van der Waals surface area contributed by atoms with Crippen LogP contribution in [0.15, 0.2) is 71.4 Å². The third-order valence-electron chi connectivity index (χ3n) is 4.57. The predicted octanol–water partition coefficient (Wildman–Crippen LogP) is 6.22. The van der Waals surface area contributed by atoms with Crippen molar-refractivity contribution in [3.63, 3.8) is 0 Å². The number of ether oxygens (including phenoxy) is 3. The lowest BCUT2D eigenvalue weighted by Gasteiger charge is -2.10. The largest absolute Gasteiger partial charge is 0.493 e. The molecule has 1 aliphatic rings. The molecule has 4 rings (SSSR count). The molecule has 0 N–H and O–H groups in total. The minimum Gasteiger partial charge on any atom is -0.493 e. The monoisotopic (exact) mass is 501 g/mol. The van der Waals surface area contributed by atoms with E-state index in [-0.39, 0.29) is 33.7 Å². The van der Waals surface area contributed by atoms with Gasteiger partial charge in [-0.15, -0.1) is 0 Å². The van der Waals surface area contributed by atoms with Crippen molar-refractivity contribution < 1.29 is 23.8 Å². The van der Waals surface area contributed by atoms with Crippen molar-refractivity contribution in [2.24, 2.45) is 4.99 Å². The highest BCUT2D eigenvalue weighted by molar-refractivity contribution is 6.42. The summed E-state index contributed by atoms with van der Waals surface area (Å²) in [5.41, 5.74) is 1.40. The molecule has 0 fully saturated rings. The Morgan fingerprint density at radius 3 is 2.45 bits per heavy atom. The first-order valence-electron chi connectivity index (χ1n) is 9.48. The number of halogens is 3. The van der Waals surface area contributed by atoms with Gasteiger partial charge in [0.05, 0.1) is 27.7 Å². The third kappa shape index (κ3) is 5.03. The van der Waals surface area contributed by atoms with Gasteiger partial charge < -0.3 is 14.2 Å². The molecule has 0 bridgehead atoms. The summed E-state index contributed by atoms with van der Waals surface area (Å²) in [5, 5.41) is 0.971. The number of benzene rings is 3. The zero-order valence-corrected chi connectivity index (χ0v) is 19.2. The van der Waals surface area contributed by atoms with Crippen LogP contribution in [-0.2, 0) is 9.53 Å². The fraction of sp³-hybridized carbons (Fsp3) is 0.0417. The third-order valence-corrected chi connectivity index (χ3v) is 5.64. The smallest absolute Gasteiger partial charge is 0.363 e. The topological polar surface area (TPSA) is 74.2 Å². The number of hydrogen-bond donors (Lipinski definition) is 0. The summed E-state index contributed by atoms with van der Waals surface area (Å²) in [5.74, 6) is -0.657. The molecule has 6 nitrogen and oxygen atoms in total. The van der Waals surface area contributed by atoms with Crippen LogP contribution in [-0.4, -0.2) is 24.9 Å². The summed E-state index contributed by atoms with van der Waals surface area (Å²) >= 11 is 18.0. The molecule has 9 heteroatoms. The van der Waals surface area contributed by atoms with Gasteiger partial charge in [0.1, 0.15) is 0 Å². The average Bonchev–Trinajstić information content (AvgIpc) is 3.16. The van der Waals surface area contributed by atoms with Crippen LogP contribution >= 0.6 is 34.8 Å². The van der Waals surface area contributed by atoms with Crippen LogP contribution in [0.5, 0.6) is 11.5 Å². The van der Waals surface area contributed by atoms with Crippen molar-refractivity contribution in [3.05, 3.63) is 98.1 Å². The quantitative estimate of drug-likeness (QED) is 0.235. The number of rotatable bonds is 5. The minimum atomic E-state index is -0.625. The number of methoxy groups -OCH3 is 1. The number of aliphatic imine (C=N–C) groups is 1. The second kappa shape index (κ2) is 9.67. The summed E-state index contributed by atoms with van der Waals surface area (Å²) in [4.78, 5) is 29.0. The minimum absolute atomic E-state index is 0.0823. The number of hydrogen-bond acceptors (Lipinski definition) is 6. The fourth-order valence-corrected chi connectivity index (χ4v) is 3.47. The van der Waals surface area contributed by atoms with E-state index in [9.17, 15) is 9.59 Å². The van der Waals surface area contributed by atoms with E-state index in [2.05, 4.69) is 4.99 Å². The molecule has 1 aliphatic heterocycles. The molecule has 0 amide bonds.